The van der Waals surface area contributed by atoms with Crippen LogP contribution in [0, 0.1) is 11.3 Å². The number of benzene rings is 1. The van der Waals surface area contributed by atoms with Crippen LogP contribution in [-0.4, -0.2) is 28.9 Å². The summed E-state index contributed by atoms with van der Waals surface area (Å²) in [6.45, 7) is 15.4. The molecule has 1 heterocycles. The van der Waals surface area contributed by atoms with E-state index in [2.05, 4.69) is 13.2 Å². The van der Waals surface area contributed by atoms with Crippen molar-refractivity contribution in [3.05, 3.63) is 61.2 Å². The van der Waals surface area contributed by atoms with Crippen LogP contribution >= 0.6 is 0 Å². The summed E-state index contributed by atoms with van der Waals surface area (Å²) in [6.07, 6.45) is 3.68. The van der Waals surface area contributed by atoms with Gasteiger partial charge in [0.2, 0.25) is 5.91 Å². The van der Waals surface area contributed by atoms with Crippen molar-refractivity contribution in [1.29, 1.82) is 0 Å². The normalized spacial score (nSPS) is 24.2. The predicted octanol–water partition coefficient (Wildman–Crippen LogP) is 4.30. The maximum Gasteiger partial charge on any atom is 0.319 e. The summed E-state index contributed by atoms with van der Waals surface area (Å²) in [6, 6.07) is 9.67. The highest BCUT2D eigenvalue weighted by atomic mass is 16.6. The molecule has 2 rings (SSSR count). The van der Waals surface area contributed by atoms with Crippen molar-refractivity contribution < 1.29 is 14.3 Å². The van der Waals surface area contributed by atoms with Crippen LogP contribution in [0.2, 0.25) is 0 Å². The minimum absolute atomic E-state index is 0.0630. The van der Waals surface area contributed by atoms with E-state index in [1.807, 2.05) is 58.0 Å². The zero-order valence-electron chi connectivity index (χ0n) is 16.2. The fourth-order valence-corrected chi connectivity index (χ4v) is 3.48. The Balaban J connectivity index is 2.41. The maximum atomic E-state index is 13.2. The summed E-state index contributed by atoms with van der Waals surface area (Å²) in [5.41, 5.74) is -0.670. The number of rotatable bonds is 6. The lowest BCUT2D eigenvalue weighted by molar-refractivity contribution is -0.166. The first-order valence-electron chi connectivity index (χ1n) is 8.99. The van der Waals surface area contributed by atoms with E-state index >= 15 is 0 Å². The molecule has 0 bridgehead atoms. The molecule has 1 aromatic rings. The van der Waals surface area contributed by atoms with Crippen molar-refractivity contribution >= 4 is 11.9 Å². The number of carbonyl (C=O) groups excluding carboxylic acids is 2. The third-order valence-corrected chi connectivity index (χ3v) is 4.93. The molecule has 1 fully saturated rings. The molecular weight excluding hydrogens is 326 g/mol. The van der Waals surface area contributed by atoms with Gasteiger partial charge in [-0.2, -0.15) is 0 Å². The Hall–Kier alpha value is -2.36. The molecule has 0 N–H and O–H groups in total. The average Bonchev–Trinajstić information content (AvgIpc) is 2.88. The second-order valence-corrected chi connectivity index (χ2v) is 7.88. The molecule has 26 heavy (non-hydrogen) atoms. The summed E-state index contributed by atoms with van der Waals surface area (Å²) in [7, 11) is 0. The Morgan fingerprint density at radius 1 is 1.35 bits per heavy atom. The number of likely N-dealkylation sites (tertiary alicyclic amines) is 1. The highest BCUT2D eigenvalue weighted by Gasteiger charge is 2.57. The molecule has 4 heteroatoms. The van der Waals surface area contributed by atoms with E-state index in [9.17, 15) is 9.59 Å². The smallest absolute Gasteiger partial charge is 0.319 e. The van der Waals surface area contributed by atoms with Gasteiger partial charge in [0.1, 0.15) is 11.0 Å². The van der Waals surface area contributed by atoms with Gasteiger partial charge in [-0.25, -0.2) is 0 Å². The molecule has 1 amide bonds. The fourth-order valence-electron chi connectivity index (χ4n) is 3.48. The Bertz CT molecular complexity index is 689. The van der Waals surface area contributed by atoms with E-state index in [-0.39, 0.29) is 18.5 Å². The third kappa shape index (κ3) is 3.74. The summed E-state index contributed by atoms with van der Waals surface area (Å²) in [4.78, 5) is 28.0. The minimum atomic E-state index is -1.07. The molecule has 4 nitrogen and oxygen atoms in total. The Labute approximate surface area is 156 Å². The first kappa shape index (κ1) is 20.0. The van der Waals surface area contributed by atoms with Gasteiger partial charge in [-0.15, -0.1) is 13.2 Å². The quantitative estimate of drug-likeness (QED) is 0.565. The highest BCUT2D eigenvalue weighted by molar-refractivity contribution is 5.94. The fraction of sp³-hybridized carbons (Fsp3) is 0.455. The summed E-state index contributed by atoms with van der Waals surface area (Å²) < 4.78 is 5.65. The Morgan fingerprint density at radius 2 is 1.96 bits per heavy atom. The van der Waals surface area contributed by atoms with Gasteiger partial charge in [0.25, 0.3) is 0 Å². The standard InChI is InChI=1S/C22H29NO3/c1-7-12-18-19(24)23(16(3)17-13-10-9-11-14-17)15-22(18,8-2)20(25)26-21(4,5)6/h7-11,13-14,16,18H,1-2,12,15H2,3-6H3/t16-,18-,22-/m1/s1. The zero-order valence-corrected chi connectivity index (χ0v) is 16.2. The topological polar surface area (TPSA) is 46.6 Å². The van der Waals surface area contributed by atoms with Crippen molar-refractivity contribution in [3.63, 3.8) is 0 Å². The molecule has 1 saturated heterocycles. The van der Waals surface area contributed by atoms with Crippen LogP contribution in [0.25, 0.3) is 0 Å². The molecule has 3 atom stereocenters. The number of esters is 1. The van der Waals surface area contributed by atoms with Crippen molar-refractivity contribution in [3.8, 4) is 0 Å². The summed E-state index contributed by atoms with van der Waals surface area (Å²) in [5, 5.41) is 0. The van der Waals surface area contributed by atoms with Gasteiger partial charge in [-0.3, -0.25) is 9.59 Å². The van der Waals surface area contributed by atoms with E-state index < -0.39 is 22.9 Å². The number of ether oxygens (including phenoxy) is 1. The molecule has 1 aliphatic heterocycles. The van der Waals surface area contributed by atoms with Crippen LogP contribution in [0.3, 0.4) is 0 Å². The third-order valence-electron chi connectivity index (χ3n) is 4.93. The monoisotopic (exact) mass is 355 g/mol. The number of hydrogen-bond donors (Lipinski definition) is 0. The molecule has 0 aliphatic carbocycles. The van der Waals surface area contributed by atoms with Crippen molar-refractivity contribution in [1.82, 2.24) is 4.90 Å². The van der Waals surface area contributed by atoms with Crippen molar-refractivity contribution in [2.75, 3.05) is 6.54 Å². The Kier molecular flexibility index (Phi) is 5.74. The van der Waals surface area contributed by atoms with Crippen LogP contribution in [0.1, 0.15) is 45.7 Å². The largest absolute Gasteiger partial charge is 0.459 e. The number of amides is 1. The number of carbonyl (C=O) groups is 2. The molecule has 0 radical (unpaired) electrons. The van der Waals surface area contributed by atoms with Crippen molar-refractivity contribution in [2.24, 2.45) is 11.3 Å². The summed E-state index contributed by atoms with van der Waals surface area (Å²) >= 11 is 0. The van der Waals surface area contributed by atoms with Crippen LogP contribution in [0.5, 0.6) is 0 Å². The lowest BCUT2D eigenvalue weighted by Gasteiger charge is -2.32. The van der Waals surface area contributed by atoms with Gasteiger partial charge in [0.15, 0.2) is 0 Å². The lowest BCUT2D eigenvalue weighted by Crippen LogP contribution is -2.42. The van der Waals surface area contributed by atoms with Gasteiger partial charge in [0.05, 0.1) is 12.0 Å². The zero-order chi connectivity index (χ0) is 19.5. The van der Waals surface area contributed by atoms with Crippen LogP contribution in [-0.2, 0) is 14.3 Å². The first-order chi connectivity index (χ1) is 12.2. The number of allylic oxidation sites excluding steroid dienone is 1. The minimum Gasteiger partial charge on any atom is -0.459 e. The molecule has 0 saturated carbocycles. The van der Waals surface area contributed by atoms with Crippen LogP contribution < -0.4 is 0 Å². The summed E-state index contributed by atoms with van der Waals surface area (Å²) in [5.74, 6) is -1.01. The molecule has 1 aromatic carbocycles. The second-order valence-electron chi connectivity index (χ2n) is 7.88. The van der Waals surface area contributed by atoms with Gasteiger partial charge >= 0.3 is 5.97 Å². The maximum absolute atomic E-state index is 13.2. The molecule has 0 spiro atoms. The van der Waals surface area contributed by atoms with Crippen molar-refractivity contribution in [2.45, 2.75) is 45.8 Å². The number of nitrogens with zero attached hydrogens (tertiary/aromatic N) is 1. The molecule has 0 unspecified atom stereocenters. The van der Waals surface area contributed by atoms with E-state index in [1.54, 1.807) is 17.1 Å². The van der Waals surface area contributed by atoms with E-state index in [1.165, 1.54) is 0 Å². The van der Waals surface area contributed by atoms with E-state index in [0.717, 1.165) is 5.56 Å². The Morgan fingerprint density at radius 3 is 2.46 bits per heavy atom. The van der Waals surface area contributed by atoms with E-state index in [4.69, 9.17) is 4.74 Å². The predicted molar refractivity (Wildman–Crippen MR) is 103 cm³/mol. The first-order valence-corrected chi connectivity index (χ1v) is 8.99. The number of hydrogen-bond acceptors (Lipinski definition) is 3. The molecule has 1 aliphatic rings. The highest BCUT2D eigenvalue weighted by Crippen LogP contribution is 2.45. The van der Waals surface area contributed by atoms with Crippen LogP contribution in [0.15, 0.2) is 55.6 Å². The van der Waals surface area contributed by atoms with Gasteiger partial charge in [0, 0.05) is 6.54 Å². The second kappa shape index (κ2) is 7.48. The van der Waals surface area contributed by atoms with Gasteiger partial charge < -0.3 is 9.64 Å². The van der Waals surface area contributed by atoms with Gasteiger partial charge in [-0.05, 0) is 39.7 Å². The lowest BCUT2D eigenvalue weighted by atomic mass is 9.76. The molecule has 0 aromatic heterocycles. The SMILES string of the molecule is C=CC[C@@H]1C(=O)N([C@H](C)c2ccccc2)C[C@@]1(C=C)C(=O)OC(C)(C)C. The van der Waals surface area contributed by atoms with E-state index in [0.29, 0.717) is 6.42 Å². The molecule has 140 valence electrons. The molecular formula is C22H29NO3. The van der Waals surface area contributed by atoms with Gasteiger partial charge in [-0.1, -0.05) is 42.5 Å². The van der Waals surface area contributed by atoms with Crippen LogP contribution in [0.4, 0.5) is 0 Å². The average molecular weight is 355 g/mol.